The van der Waals surface area contributed by atoms with E-state index in [9.17, 15) is 9.59 Å². The number of amides is 2. The van der Waals surface area contributed by atoms with Crippen molar-refractivity contribution in [3.63, 3.8) is 0 Å². The minimum atomic E-state index is -0.568. The normalized spacial score (nSPS) is 25.3. The molecule has 1 saturated heterocycles. The SMILES string of the molecule is CO[C@H]1C[C@@H](C(N)=O)N(C(=O)C(C)N2CCc3ccccc3C2)C1. The molecular formula is C18H25N3O3. The molecule has 0 aliphatic carbocycles. The number of nitrogens with zero attached hydrogens (tertiary/aromatic N) is 2. The number of nitrogens with two attached hydrogens (primary N) is 1. The second-order valence-corrected chi connectivity index (χ2v) is 6.67. The third-order valence-corrected chi connectivity index (χ3v) is 5.27. The Morgan fingerprint density at radius 1 is 1.29 bits per heavy atom. The summed E-state index contributed by atoms with van der Waals surface area (Å²) in [7, 11) is 1.60. The van der Waals surface area contributed by atoms with E-state index in [1.165, 1.54) is 11.1 Å². The maximum atomic E-state index is 13.0. The van der Waals surface area contributed by atoms with Gasteiger partial charge in [0.2, 0.25) is 11.8 Å². The molecule has 24 heavy (non-hydrogen) atoms. The Balaban J connectivity index is 1.72. The molecule has 6 heteroatoms. The molecule has 1 fully saturated rings. The molecule has 6 nitrogen and oxygen atoms in total. The summed E-state index contributed by atoms with van der Waals surface area (Å²) >= 11 is 0. The van der Waals surface area contributed by atoms with Crippen LogP contribution in [0.3, 0.4) is 0 Å². The molecule has 3 rings (SSSR count). The van der Waals surface area contributed by atoms with Gasteiger partial charge in [-0.3, -0.25) is 14.5 Å². The van der Waals surface area contributed by atoms with Crippen LogP contribution in [-0.2, 0) is 27.3 Å². The molecule has 2 aliphatic heterocycles. The van der Waals surface area contributed by atoms with E-state index in [2.05, 4.69) is 23.1 Å². The summed E-state index contributed by atoms with van der Waals surface area (Å²) in [5, 5.41) is 0. The minimum Gasteiger partial charge on any atom is -0.380 e. The first-order chi connectivity index (χ1) is 11.5. The Labute approximate surface area is 142 Å². The lowest BCUT2D eigenvalue weighted by Gasteiger charge is -2.35. The van der Waals surface area contributed by atoms with Crippen LogP contribution in [0.1, 0.15) is 24.5 Å². The van der Waals surface area contributed by atoms with Gasteiger partial charge >= 0.3 is 0 Å². The van der Waals surface area contributed by atoms with Gasteiger partial charge in [0.15, 0.2) is 0 Å². The highest BCUT2D eigenvalue weighted by molar-refractivity contribution is 5.89. The second-order valence-electron chi connectivity index (χ2n) is 6.67. The number of hydrogen-bond donors (Lipinski definition) is 1. The van der Waals surface area contributed by atoms with Gasteiger partial charge in [-0.15, -0.1) is 0 Å². The predicted molar refractivity (Wildman–Crippen MR) is 90.1 cm³/mol. The lowest BCUT2D eigenvalue weighted by molar-refractivity contribution is -0.141. The third-order valence-electron chi connectivity index (χ3n) is 5.27. The fraction of sp³-hybridized carbons (Fsp3) is 0.556. The number of benzene rings is 1. The highest BCUT2D eigenvalue weighted by atomic mass is 16.5. The second kappa shape index (κ2) is 6.91. The molecule has 0 radical (unpaired) electrons. The number of carbonyl (C=O) groups excluding carboxylic acids is 2. The topological polar surface area (TPSA) is 75.9 Å². The van der Waals surface area contributed by atoms with Gasteiger partial charge in [0.05, 0.1) is 12.1 Å². The number of fused-ring (bicyclic) bond motifs is 1. The molecule has 2 aliphatic rings. The Kier molecular flexibility index (Phi) is 4.87. The van der Waals surface area contributed by atoms with Gasteiger partial charge in [-0.2, -0.15) is 0 Å². The molecule has 0 spiro atoms. The van der Waals surface area contributed by atoms with Crippen LogP contribution >= 0.6 is 0 Å². The van der Waals surface area contributed by atoms with Gasteiger partial charge in [-0.05, 0) is 24.5 Å². The van der Waals surface area contributed by atoms with Crippen LogP contribution in [0.2, 0.25) is 0 Å². The van der Waals surface area contributed by atoms with Crippen molar-refractivity contribution in [3.05, 3.63) is 35.4 Å². The molecule has 2 N–H and O–H groups in total. The number of methoxy groups -OCH3 is 1. The highest BCUT2D eigenvalue weighted by Gasteiger charge is 2.41. The predicted octanol–water partition coefficient (Wildman–Crippen LogP) is 0.534. The first-order valence-corrected chi connectivity index (χ1v) is 8.44. The summed E-state index contributed by atoms with van der Waals surface area (Å²) in [6, 6.07) is 7.49. The van der Waals surface area contributed by atoms with Crippen LogP contribution in [-0.4, -0.2) is 60.0 Å². The Hall–Kier alpha value is -1.92. The minimum absolute atomic E-state index is 0.0438. The Morgan fingerprint density at radius 2 is 2.00 bits per heavy atom. The van der Waals surface area contributed by atoms with Crippen LogP contribution in [0.15, 0.2) is 24.3 Å². The molecular weight excluding hydrogens is 306 g/mol. The van der Waals surface area contributed by atoms with E-state index in [4.69, 9.17) is 10.5 Å². The van der Waals surface area contributed by atoms with Gasteiger partial charge < -0.3 is 15.4 Å². The van der Waals surface area contributed by atoms with Crippen LogP contribution in [0.5, 0.6) is 0 Å². The molecule has 130 valence electrons. The number of likely N-dealkylation sites (tertiary alicyclic amines) is 1. The van der Waals surface area contributed by atoms with E-state index >= 15 is 0 Å². The van der Waals surface area contributed by atoms with Crippen molar-refractivity contribution in [1.29, 1.82) is 0 Å². The van der Waals surface area contributed by atoms with E-state index in [1.807, 2.05) is 13.0 Å². The smallest absolute Gasteiger partial charge is 0.240 e. The summed E-state index contributed by atoms with van der Waals surface area (Å²) in [6.45, 7) is 3.94. The number of primary amides is 1. The highest BCUT2D eigenvalue weighted by Crippen LogP contribution is 2.25. The average molecular weight is 331 g/mol. The van der Waals surface area contributed by atoms with Crippen LogP contribution in [0.4, 0.5) is 0 Å². The first kappa shape index (κ1) is 16.9. The van der Waals surface area contributed by atoms with Gasteiger partial charge in [0.25, 0.3) is 0 Å². The quantitative estimate of drug-likeness (QED) is 0.873. The van der Waals surface area contributed by atoms with Crippen molar-refractivity contribution in [3.8, 4) is 0 Å². The first-order valence-electron chi connectivity index (χ1n) is 8.44. The van der Waals surface area contributed by atoms with E-state index < -0.39 is 11.9 Å². The van der Waals surface area contributed by atoms with Gasteiger partial charge in [0.1, 0.15) is 6.04 Å². The van der Waals surface area contributed by atoms with Crippen molar-refractivity contribution < 1.29 is 14.3 Å². The van der Waals surface area contributed by atoms with Crippen molar-refractivity contribution in [2.45, 2.75) is 44.5 Å². The summed E-state index contributed by atoms with van der Waals surface area (Å²) in [5.74, 6) is -0.503. The van der Waals surface area contributed by atoms with E-state index in [-0.39, 0.29) is 18.1 Å². The van der Waals surface area contributed by atoms with Gasteiger partial charge in [0, 0.05) is 33.2 Å². The summed E-state index contributed by atoms with van der Waals surface area (Å²) in [6.07, 6.45) is 1.29. The van der Waals surface area contributed by atoms with Crippen molar-refractivity contribution in [2.75, 3.05) is 20.2 Å². The Bertz CT molecular complexity index is 634. The van der Waals surface area contributed by atoms with E-state index in [0.29, 0.717) is 13.0 Å². The number of hydrogen-bond acceptors (Lipinski definition) is 4. The van der Waals surface area contributed by atoms with Gasteiger partial charge in [-0.1, -0.05) is 24.3 Å². The van der Waals surface area contributed by atoms with Crippen molar-refractivity contribution in [1.82, 2.24) is 9.80 Å². The standard InChI is InChI=1S/C18H25N3O3/c1-12(20-8-7-13-5-3-4-6-14(13)10-20)18(23)21-11-15(24-2)9-16(21)17(19)22/h3-6,12,15-16H,7-11H2,1-2H3,(H2,19,22)/t12?,15-,16-/m0/s1. The summed E-state index contributed by atoms with van der Waals surface area (Å²) < 4.78 is 5.33. The molecule has 2 amide bonds. The molecule has 1 aromatic rings. The molecule has 1 aromatic carbocycles. The molecule has 0 saturated carbocycles. The molecule has 1 unspecified atom stereocenters. The third kappa shape index (κ3) is 3.16. The van der Waals surface area contributed by atoms with Crippen LogP contribution < -0.4 is 5.73 Å². The maximum absolute atomic E-state index is 13.0. The average Bonchev–Trinajstić information content (AvgIpc) is 3.04. The number of carbonyl (C=O) groups is 2. The number of rotatable bonds is 4. The van der Waals surface area contributed by atoms with Crippen molar-refractivity contribution in [2.24, 2.45) is 5.73 Å². The van der Waals surface area contributed by atoms with Crippen LogP contribution in [0.25, 0.3) is 0 Å². The fourth-order valence-corrected chi connectivity index (χ4v) is 3.73. The zero-order chi connectivity index (χ0) is 17.3. The van der Waals surface area contributed by atoms with Crippen molar-refractivity contribution >= 4 is 11.8 Å². The lowest BCUT2D eigenvalue weighted by Crippen LogP contribution is -2.52. The van der Waals surface area contributed by atoms with E-state index in [0.717, 1.165) is 19.5 Å². The lowest BCUT2D eigenvalue weighted by atomic mass is 9.98. The number of ether oxygens (including phenoxy) is 1. The summed E-state index contributed by atoms with van der Waals surface area (Å²) in [4.78, 5) is 28.4. The summed E-state index contributed by atoms with van der Waals surface area (Å²) in [5.41, 5.74) is 8.10. The van der Waals surface area contributed by atoms with E-state index in [1.54, 1.807) is 12.0 Å². The molecule has 2 heterocycles. The fourth-order valence-electron chi connectivity index (χ4n) is 3.73. The monoisotopic (exact) mass is 331 g/mol. The molecule has 0 bridgehead atoms. The van der Waals surface area contributed by atoms with Gasteiger partial charge in [-0.25, -0.2) is 0 Å². The maximum Gasteiger partial charge on any atom is 0.240 e. The Morgan fingerprint density at radius 3 is 2.67 bits per heavy atom. The van der Waals surface area contributed by atoms with Crippen LogP contribution in [0, 0.1) is 0 Å². The zero-order valence-electron chi connectivity index (χ0n) is 14.3. The molecule has 0 aromatic heterocycles. The zero-order valence-corrected chi connectivity index (χ0v) is 14.3. The molecule has 3 atom stereocenters. The largest absolute Gasteiger partial charge is 0.380 e.